The SMILES string of the molecule is CCCCCCCCCN(CC(=O)O)CC(C)C. The normalized spacial score (nSPS) is 11.4. The van der Waals surface area contributed by atoms with Crippen molar-refractivity contribution in [2.75, 3.05) is 19.6 Å². The third kappa shape index (κ3) is 11.9. The smallest absolute Gasteiger partial charge is 0.317 e. The Morgan fingerprint density at radius 2 is 1.61 bits per heavy atom. The van der Waals surface area contributed by atoms with Crippen molar-refractivity contribution >= 4 is 5.97 Å². The first kappa shape index (κ1) is 17.4. The van der Waals surface area contributed by atoms with Gasteiger partial charge in [-0.2, -0.15) is 0 Å². The zero-order valence-electron chi connectivity index (χ0n) is 12.5. The van der Waals surface area contributed by atoms with Gasteiger partial charge < -0.3 is 5.11 Å². The van der Waals surface area contributed by atoms with Gasteiger partial charge in [0.15, 0.2) is 0 Å². The molecule has 0 spiro atoms. The summed E-state index contributed by atoms with van der Waals surface area (Å²) in [5.74, 6) is -0.174. The molecule has 0 aliphatic heterocycles. The molecule has 108 valence electrons. The summed E-state index contributed by atoms with van der Waals surface area (Å²) in [7, 11) is 0. The monoisotopic (exact) mass is 257 g/mol. The van der Waals surface area contributed by atoms with Crippen molar-refractivity contribution < 1.29 is 9.90 Å². The van der Waals surface area contributed by atoms with E-state index < -0.39 is 5.97 Å². The molecule has 0 aromatic heterocycles. The number of nitrogens with zero attached hydrogens (tertiary/aromatic N) is 1. The van der Waals surface area contributed by atoms with Crippen molar-refractivity contribution in [3.8, 4) is 0 Å². The van der Waals surface area contributed by atoms with E-state index in [9.17, 15) is 4.79 Å². The van der Waals surface area contributed by atoms with E-state index in [1.165, 1.54) is 38.5 Å². The standard InChI is InChI=1S/C15H31NO2/c1-4-5-6-7-8-9-10-11-16(12-14(2)3)13-15(17)18/h14H,4-13H2,1-3H3,(H,17,18). The summed E-state index contributed by atoms with van der Waals surface area (Å²) >= 11 is 0. The van der Waals surface area contributed by atoms with Crippen molar-refractivity contribution in [2.45, 2.75) is 65.7 Å². The first-order valence-corrected chi connectivity index (χ1v) is 7.50. The first-order valence-electron chi connectivity index (χ1n) is 7.50. The average Bonchev–Trinajstić information content (AvgIpc) is 2.26. The summed E-state index contributed by atoms with van der Waals surface area (Å²) in [4.78, 5) is 12.8. The van der Waals surface area contributed by atoms with E-state index in [2.05, 4.69) is 25.7 Å². The minimum atomic E-state index is -0.710. The lowest BCUT2D eigenvalue weighted by atomic mass is 10.1. The molecule has 0 unspecified atom stereocenters. The van der Waals surface area contributed by atoms with E-state index in [1.807, 2.05) is 0 Å². The van der Waals surface area contributed by atoms with Crippen LogP contribution in [0.2, 0.25) is 0 Å². The van der Waals surface area contributed by atoms with Gasteiger partial charge in [-0.05, 0) is 18.9 Å². The Morgan fingerprint density at radius 3 is 2.11 bits per heavy atom. The molecule has 0 aliphatic carbocycles. The van der Waals surface area contributed by atoms with E-state index >= 15 is 0 Å². The van der Waals surface area contributed by atoms with Gasteiger partial charge in [0.1, 0.15) is 0 Å². The third-order valence-electron chi connectivity index (χ3n) is 3.06. The molecule has 0 fully saturated rings. The zero-order chi connectivity index (χ0) is 13.8. The molecule has 0 saturated heterocycles. The van der Waals surface area contributed by atoms with Gasteiger partial charge in [-0.3, -0.25) is 9.69 Å². The van der Waals surface area contributed by atoms with Crippen LogP contribution in [0.4, 0.5) is 0 Å². The fourth-order valence-corrected chi connectivity index (χ4v) is 2.24. The summed E-state index contributed by atoms with van der Waals surface area (Å²) in [6, 6.07) is 0. The second kappa shape index (κ2) is 11.5. The van der Waals surface area contributed by atoms with Crippen LogP contribution in [0.25, 0.3) is 0 Å². The molecule has 0 heterocycles. The summed E-state index contributed by atoms with van der Waals surface area (Å²) < 4.78 is 0. The molecule has 0 aromatic rings. The van der Waals surface area contributed by atoms with Crippen LogP contribution < -0.4 is 0 Å². The van der Waals surface area contributed by atoms with Gasteiger partial charge in [0, 0.05) is 6.54 Å². The predicted molar refractivity (Wildman–Crippen MR) is 76.9 cm³/mol. The average molecular weight is 257 g/mol. The van der Waals surface area contributed by atoms with Crippen LogP contribution in [-0.2, 0) is 4.79 Å². The van der Waals surface area contributed by atoms with Crippen LogP contribution in [0.1, 0.15) is 65.7 Å². The second-order valence-electron chi connectivity index (χ2n) is 5.64. The van der Waals surface area contributed by atoms with Gasteiger partial charge in [0.2, 0.25) is 0 Å². The van der Waals surface area contributed by atoms with Crippen LogP contribution in [-0.4, -0.2) is 35.6 Å². The molecular weight excluding hydrogens is 226 g/mol. The summed E-state index contributed by atoms with van der Waals surface area (Å²) in [5, 5.41) is 8.85. The summed E-state index contributed by atoms with van der Waals surface area (Å²) in [5.41, 5.74) is 0. The molecule has 0 amide bonds. The Labute approximate surface area is 113 Å². The summed E-state index contributed by atoms with van der Waals surface area (Å²) in [6.45, 7) is 8.52. The highest BCUT2D eigenvalue weighted by molar-refractivity contribution is 5.69. The quantitative estimate of drug-likeness (QED) is 0.541. The number of carboxylic acid groups (broad SMARTS) is 1. The van der Waals surface area contributed by atoms with E-state index in [-0.39, 0.29) is 6.54 Å². The van der Waals surface area contributed by atoms with Gasteiger partial charge in [0.25, 0.3) is 0 Å². The second-order valence-corrected chi connectivity index (χ2v) is 5.64. The van der Waals surface area contributed by atoms with Crippen LogP contribution >= 0.6 is 0 Å². The maximum absolute atomic E-state index is 10.8. The van der Waals surface area contributed by atoms with Crippen LogP contribution in [0.15, 0.2) is 0 Å². The van der Waals surface area contributed by atoms with Crippen LogP contribution in [0, 0.1) is 5.92 Å². The molecule has 0 aliphatic rings. The minimum Gasteiger partial charge on any atom is -0.480 e. The summed E-state index contributed by atoms with van der Waals surface area (Å²) in [6.07, 6.45) is 8.98. The Hall–Kier alpha value is -0.570. The number of aliphatic carboxylic acids is 1. The van der Waals surface area contributed by atoms with E-state index in [1.54, 1.807) is 0 Å². The molecule has 18 heavy (non-hydrogen) atoms. The number of carboxylic acids is 1. The molecule has 3 heteroatoms. The largest absolute Gasteiger partial charge is 0.480 e. The Morgan fingerprint density at radius 1 is 1.06 bits per heavy atom. The predicted octanol–water partition coefficient (Wildman–Crippen LogP) is 3.78. The zero-order valence-corrected chi connectivity index (χ0v) is 12.5. The van der Waals surface area contributed by atoms with Gasteiger partial charge in [-0.25, -0.2) is 0 Å². The van der Waals surface area contributed by atoms with E-state index in [0.29, 0.717) is 5.92 Å². The van der Waals surface area contributed by atoms with Crippen LogP contribution in [0.3, 0.4) is 0 Å². The van der Waals surface area contributed by atoms with Crippen molar-refractivity contribution in [3.05, 3.63) is 0 Å². The molecule has 0 radical (unpaired) electrons. The maximum Gasteiger partial charge on any atom is 0.317 e. The minimum absolute atomic E-state index is 0.189. The lowest BCUT2D eigenvalue weighted by Gasteiger charge is -2.22. The highest BCUT2D eigenvalue weighted by Gasteiger charge is 2.10. The van der Waals surface area contributed by atoms with Crippen molar-refractivity contribution in [3.63, 3.8) is 0 Å². The molecule has 0 rings (SSSR count). The molecular formula is C15H31NO2. The Balaban J connectivity index is 3.59. The fraction of sp³-hybridized carbons (Fsp3) is 0.933. The van der Waals surface area contributed by atoms with E-state index in [0.717, 1.165) is 19.5 Å². The third-order valence-corrected chi connectivity index (χ3v) is 3.06. The number of unbranched alkanes of at least 4 members (excludes halogenated alkanes) is 6. The molecule has 0 bridgehead atoms. The van der Waals surface area contributed by atoms with Gasteiger partial charge in [-0.15, -0.1) is 0 Å². The first-order chi connectivity index (χ1) is 8.56. The van der Waals surface area contributed by atoms with Crippen molar-refractivity contribution in [2.24, 2.45) is 5.92 Å². The maximum atomic E-state index is 10.8. The van der Waals surface area contributed by atoms with Gasteiger partial charge in [0.05, 0.1) is 6.54 Å². The molecule has 0 aromatic carbocycles. The van der Waals surface area contributed by atoms with Gasteiger partial charge in [-0.1, -0.05) is 59.3 Å². The fourth-order valence-electron chi connectivity index (χ4n) is 2.24. The Bertz CT molecular complexity index is 205. The lowest BCUT2D eigenvalue weighted by Crippen LogP contribution is -2.33. The van der Waals surface area contributed by atoms with Crippen molar-refractivity contribution in [1.29, 1.82) is 0 Å². The molecule has 0 atom stereocenters. The number of rotatable bonds is 12. The number of hydrogen-bond acceptors (Lipinski definition) is 2. The Kier molecular flexibility index (Phi) is 11.2. The number of carbonyl (C=O) groups is 1. The topological polar surface area (TPSA) is 40.5 Å². The lowest BCUT2D eigenvalue weighted by molar-refractivity contribution is -0.138. The highest BCUT2D eigenvalue weighted by Crippen LogP contribution is 2.08. The van der Waals surface area contributed by atoms with Gasteiger partial charge >= 0.3 is 5.97 Å². The molecule has 0 saturated carbocycles. The molecule has 1 N–H and O–H groups in total. The highest BCUT2D eigenvalue weighted by atomic mass is 16.4. The van der Waals surface area contributed by atoms with Crippen LogP contribution in [0.5, 0.6) is 0 Å². The molecule has 3 nitrogen and oxygen atoms in total. The number of hydrogen-bond donors (Lipinski definition) is 1. The van der Waals surface area contributed by atoms with E-state index in [4.69, 9.17) is 5.11 Å². The van der Waals surface area contributed by atoms with Crippen molar-refractivity contribution in [1.82, 2.24) is 4.90 Å².